The molecule has 2 N–H and O–H groups in total. The van der Waals surface area contributed by atoms with Crippen LogP contribution in [0.15, 0.2) is 12.7 Å². The maximum absolute atomic E-state index is 10.5. The van der Waals surface area contributed by atoms with Gasteiger partial charge >= 0.3 is 0 Å². The molecule has 0 bridgehead atoms. The van der Waals surface area contributed by atoms with Gasteiger partial charge in [0.2, 0.25) is 0 Å². The zero-order chi connectivity index (χ0) is 8.91. The number of rotatable bonds is 5. The largest absolute Gasteiger partial charge is 0.319 e. The van der Waals surface area contributed by atoms with Gasteiger partial charge in [0.1, 0.15) is 6.29 Å². The Morgan fingerprint density at radius 2 is 2.27 bits per heavy atom. The zero-order valence-corrected chi connectivity index (χ0v) is 7.34. The van der Waals surface area contributed by atoms with Crippen LogP contribution in [-0.2, 0) is 4.79 Å². The van der Waals surface area contributed by atoms with Crippen molar-refractivity contribution in [3.63, 3.8) is 0 Å². The molecule has 2 heteroatoms. The summed E-state index contributed by atoms with van der Waals surface area (Å²) in [6.07, 6.45) is 4.51. The molecule has 0 rings (SSSR count). The number of allylic oxidation sites excluding steroid dienone is 1. The van der Waals surface area contributed by atoms with Gasteiger partial charge in [-0.25, -0.2) is 0 Å². The van der Waals surface area contributed by atoms with E-state index < -0.39 is 5.54 Å². The van der Waals surface area contributed by atoms with E-state index in [1.807, 2.05) is 13.0 Å². The van der Waals surface area contributed by atoms with Gasteiger partial charge in [-0.2, -0.15) is 0 Å². The molecule has 0 aliphatic carbocycles. The molecule has 0 saturated carbocycles. The maximum Gasteiger partial charge on any atom is 0.139 e. The fourth-order valence-electron chi connectivity index (χ4n) is 0.795. The zero-order valence-electron chi connectivity index (χ0n) is 7.34. The number of hydrogen-bond donors (Lipinski definition) is 1. The van der Waals surface area contributed by atoms with E-state index in [-0.39, 0.29) is 5.92 Å². The highest BCUT2D eigenvalue weighted by Gasteiger charge is 2.24. The molecule has 0 fully saturated rings. The van der Waals surface area contributed by atoms with Crippen LogP contribution in [0.25, 0.3) is 0 Å². The minimum Gasteiger partial charge on any atom is -0.319 e. The molecule has 0 radical (unpaired) electrons. The van der Waals surface area contributed by atoms with Crippen LogP contribution in [0, 0.1) is 5.92 Å². The van der Waals surface area contributed by atoms with E-state index in [1.54, 1.807) is 6.92 Å². The molecule has 11 heavy (non-hydrogen) atoms. The smallest absolute Gasteiger partial charge is 0.139 e. The second kappa shape index (κ2) is 4.29. The van der Waals surface area contributed by atoms with Gasteiger partial charge in [0.05, 0.1) is 5.54 Å². The van der Waals surface area contributed by atoms with Crippen LogP contribution in [0.1, 0.15) is 26.7 Å². The third-order valence-corrected chi connectivity index (χ3v) is 2.12. The monoisotopic (exact) mass is 155 g/mol. The van der Waals surface area contributed by atoms with E-state index in [2.05, 4.69) is 6.58 Å². The molecule has 0 aromatic carbocycles. The van der Waals surface area contributed by atoms with Crippen LogP contribution in [-0.4, -0.2) is 11.8 Å². The van der Waals surface area contributed by atoms with E-state index in [9.17, 15) is 4.79 Å². The Morgan fingerprint density at radius 1 is 1.73 bits per heavy atom. The highest BCUT2D eigenvalue weighted by Crippen LogP contribution is 2.16. The molecular formula is C9H17NO. The molecule has 0 aliphatic heterocycles. The minimum absolute atomic E-state index is 0.220. The second-order valence-corrected chi connectivity index (χ2v) is 3.25. The van der Waals surface area contributed by atoms with E-state index in [0.29, 0.717) is 0 Å². The lowest BCUT2D eigenvalue weighted by atomic mass is 9.86. The van der Waals surface area contributed by atoms with Gasteiger partial charge in [-0.15, -0.1) is 6.58 Å². The first kappa shape index (κ1) is 10.4. The third-order valence-electron chi connectivity index (χ3n) is 2.12. The molecule has 64 valence electrons. The molecule has 2 unspecified atom stereocenters. The van der Waals surface area contributed by atoms with Gasteiger partial charge in [-0.05, 0) is 25.7 Å². The Hall–Kier alpha value is -0.630. The number of aldehydes is 1. The summed E-state index contributed by atoms with van der Waals surface area (Å²) in [4.78, 5) is 10.5. The molecule has 0 aromatic heterocycles. The van der Waals surface area contributed by atoms with Gasteiger partial charge in [0.25, 0.3) is 0 Å². The van der Waals surface area contributed by atoms with Gasteiger partial charge in [0.15, 0.2) is 0 Å². The van der Waals surface area contributed by atoms with Crippen molar-refractivity contribution >= 4 is 6.29 Å². The van der Waals surface area contributed by atoms with Gasteiger partial charge in [-0.1, -0.05) is 13.0 Å². The second-order valence-electron chi connectivity index (χ2n) is 3.25. The lowest BCUT2D eigenvalue weighted by Crippen LogP contribution is -2.44. The number of hydrogen-bond acceptors (Lipinski definition) is 2. The summed E-state index contributed by atoms with van der Waals surface area (Å²) < 4.78 is 0. The normalized spacial score (nSPS) is 18.5. The molecule has 0 saturated heterocycles. The highest BCUT2D eigenvalue weighted by molar-refractivity contribution is 5.63. The van der Waals surface area contributed by atoms with Crippen molar-refractivity contribution in [2.75, 3.05) is 0 Å². The standard InChI is InChI=1S/C9H17NO/c1-4-5-6-8(2)9(3,10)7-11/h4,7-8H,1,5-6,10H2,2-3H3. The van der Waals surface area contributed by atoms with Crippen LogP contribution in [0.5, 0.6) is 0 Å². The van der Waals surface area contributed by atoms with Crippen molar-refractivity contribution in [2.45, 2.75) is 32.2 Å². The molecule has 2 nitrogen and oxygen atoms in total. The summed E-state index contributed by atoms with van der Waals surface area (Å²) in [5.41, 5.74) is 5.02. The van der Waals surface area contributed by atoms with Crippen LogP contribution in [0.3, 0.4) is 0 Å². The van der Waals surface area contributed by atoms with E-state index >= 15 is 0 Å². The number of nitrogens with two attached hydrogens (primary N) is 1. The molecule has 0 amide bonds. The first-order valence-corrected chi connectivity index (χ1v) is 3.90. The Morgan fingerprint density at radius 3 is 2.64 bits per heavy atom. The fourth-order valence-corrected chi connectivity index (χ4v) is 0.795. The summed E-state index contributed by atoms with van der Waals surface area (Å²) >= 11 is 0. The average molecular weight is 155 g/mol. The maximum atomic E-state index is 10.5. The van der Waals surface area contributed by atoms with Gasteiger partial charge < -0.3 is 10.5 Å². The van der Waals surface area contributed by atoms with Crippen molar-refractivity contribution in [3.05, 3.63) is 12.7 Å². The van der Waals surface area contributed by atoms with Gasteiger partial charge in [0, 0.05) is 0 Å². The average Bonchev–Trinajstić information content (AvgIpc) is 2.00. The molecule has 0 aromatic rings. The third kappa shape index (κ3) is 3.33. The summed E-state index contributed by atoms with van der Waals surface area (Å²) in [5.74, 6) is 0.220. The SMILES string of the molecule is C=CCCC(C)C(C)(N)C=O. The topological polar surface area (TPSA) is 43.1 Å². The molecule has 0 aliphatic rings. The summed E-state index contributed by atoms with van der Waals surface area (Å²) in [7, 11) is 0. The Kier molecular flexibility index (Phi) is 4.04. The number of carbonyl (C=O) groups is 1. The quantitative estimate of drug-likeness (QED) is 0.483. The van der Waals surface area contributed by atoms with Crippen molar-refractivity contribution in [1.29, 1.82) is 0 Å². The Bertz CT molecular complexity index is 140. The molecule has 2 atom stereocenters. The summed E-state index contributed by atoms with van der Waals surface area (Å²) in [6, 6.07) is 0. The van der Waals surface area contributed by atoms with Crippen molar-refractivity contribution in [3.8, 4) is 0 Å². The first-order valence-electron chi connectivity index (χ1n) is 3.90. The molecule has 0 spiro atoms. The minimum atomic E-state index is -0.678. The van der Waals surface area contributed by atoms with Crippen LogP contribution in [0.2, 0.25) is 0 Å². The lowest BCUT2D eigenvalue weighted by molar-refractivity contribution is -0.113. The first-order chi connectivity index (χ1) is 5.04. The van der Waals surface area contributed by atoms with Gasteiger partial charge in [-0.3, -0.25) is 0 Å². The molecular weight excluding hydrogens is 138 g/mol. The van der Waals surface area contributed by atoms with Crippen molar-refractivity contribution in [2.24, 2.45) is 11.7 Å². The Balaban J connectivity index is 3.89. The highest BCUT2D eigenvalue weighted by atomic mass is 16.1. The van der Waals surface area contributed by atoms with Crippen LogP contribution in [0.4, 0.5) is 0 Å². The van der Waals surface area contributed by atoms with Crippen molar-refractivity contribution < 1.29 is 4.79 Å². The lowest BCUT2D eigenvalue weighted by Gasteiger charge is -2.24. The summed E-state index contributed by atoms with van der Waals surface area (Å²) in [6.45, 7) is 7.35. The van der Waals surface area contributed by atoms with Crippen LogP contribution >= 0.6 is 0 Å². The fraction of sp³-hybridized carbons (Fsp3) is 0.667. The predicted octanol–water partition coefficient (Wildman–Crippen LogP) is 1.51. The van der Waals surface area contributed by atoms with Crippen LogP contribution < -0.4 is 5.73 Å². The predicted molar refractivity (Wildman–Crippen MR) is 47.3 cm³/mol. The van der Waals surface area contributed by atoms with E-state index in [1.165, 1.54) is 0 Å². The van der Waals surface area contributed by atoms with E-state index in [4.69, 9.17) is 5.73 Å². The molecule has 0 heterocycles. The number of carbonyl (C=O) groups excluding carboxylic acids is 1. The Labute approximate surface area is 68.5 Å². The summed E-state index contributed by atoms with van der Waals surface area (Å²) in [5, 5.41) is 0. The van der Waals surface area contributed by atoms with Crippen molar-refractivity contribution in [1.82, 2.24) is 0 Å². The van der Waals surface area contributed by atoms with E-state index in [0.717, 1.165) is 19.1 Å².